The van der Waals surface area contributed by atoms with E-state index in [0.717, 1.165) is 35.4 Å². The maximum Gasteiger partial charge on any atom is 0.387 e. The SMILES string of the molecule is COC(=O)C1Cc2c(c(-c3cccc(OC(F)F)c3)nn2C2CCOCC2)C2(C1)SC=CS2. The van der Waals surface area contributed by atoms with Crippen molar-refractivity contribution in [3.63, 3.8) is 0 Å². The highest BCUT2D eigenvalue weighted by Crippen LogP contribution is 2.62. The highest BCUT2D eigenvalue weighted by atomic mass is 32.2. The molecule has 6 nitrogen and oxygen atoms in total. The van der Waals surface area contributed by atoms with Crippen LogP contribution >= 0.6 is 23.5 Å². The van der Waals surface area contributed by atoms with Crippen molar-refractivity contribution < 1.29 is 27.8 Å². The summed E-state index contributed by atoms with van der Waals surface area (Å²) in [5.74, 6) is -0.403. The number of aromatic nitrogens is 2. The Morgan fingerprint density at radius 3 is 2.73 bits per heavy atom. The lowest BCUT2D eigenvalue weighted by molar-refractivity contribution is -0.146. The number of alkyl halides is 2. The Hall–Kier alpha value is -2.04. The molecule has 0 N–H and O–H groups in total. The Labute approximate surface area is 199 Å². The molecule has 33 heavy (non-hydrogen) atoms. The number of carbonyl (C=O) groups is 1. The maximum atomic E-state index is 12.9. The number of esters is 1. The lowest BCUT2D eigenvalue weighted by atomic mass is 9.84. The molecule has 3 heterocycles. The van der Waals surface area contributed by atoms with Gasteiger partial charge in [0.15, 0.2) is 0 Å². The third kappa shape index (κ3) is 4.28. The Kier molecular flexibility index (Phi) is 6.41. The van der Waals surface area contributed by atoms with E-state index in [0.29, 0.717) is 26.1 Å². The van der Waals surface area contributed by atoms with Gasteiger partial charge in [0.1, 0.15) is 5.75 Å². The standard InChI is InChI=1S/C23H24F2N2O4S2/c1-29-21(28)15-12-18-19(23(13-15)32-9-10-33-23)20(26-27(18)16-5-7-30-8-6-16)14-3-2-4-17(11-14)31-22(24)25/h2-4,9-11,15-16,22H,5-8,12-13H2,1H3. The lowest BCUT2D eigenvalue weighted by Gasteiger charge is -2.37. The van der Waals surface area contributed by atoms with E-state index in [2.05, 4.69) is 9.42 Å². The van der Waals surface area contributed by atoms with E-state index in [1.807, 2.05) is 16.9 Å². The second kappa shape index (κ2) is 9.31. The highest BCUT2D eigenvalue weighted by molar-refractivity contribution is 8.22. The minimum absolute atomic E-state index is 0.0963. The second-order valence-electron chi connectivity index (χ2n) is 8.25. The molecule has 2 aliphatic heterocycles. The van der Waals surface area contributed by atoms with Gasteiger partial charge in [-0.3, -0.25) is 9.48 Å². The molecular weight excluding hydrogens is 470 g/mol. The van der Waals surface area contributed by atoms with Crippen LogP contribution < -0.4 is 4.74 Å². The third-order valence-electron chi connectivity index (χ3n) is 6.32. The van der Waals surface area contributed by atoms with Gasteiger partial charge < -0.3 is 14.2 Å². The summed E-state index contributed by atoms with van der Waals surface area (Å²) >= 11 is 3.34. The van der Waals surface area contributed by atoms with E-state index in [1.54, 1.807) is 35.7 Å². The van der Waals surface area contributed by atoms with Crippen LogP contribution in [0.5, 0.6) is 5.75 Å². The van der Waals surface area contributed by atoms with Crippen LogP contribution in [0.1, 0.15) is 36.6 Å². The summed E-state index contributed by atoms with van der Waals surface area (Å²) in [6.07, 6.45) is 2.80. The molecule has 0 amide bonds. The number of thioether (sulfide) groups is 2. The molecule has 5 rings (SSSR count). The van der Waals surface area contributed by atoms with Crippen molar-refractivity contribution in [1.82, 2.24) is 9.78 Å². The Balaban J connectivity index is 1.67. The van der Waals surface area contributed by atoms with E-state index in [9.17, 15) is 13.6 Å². The van der Waals surface area contributed by atoms with Gasteiger partial charge in [-0.25, -0.2) is 0 Å². The molecule has 1 aromatic heterocycles. The van der Waals surface area contributed by atoms with E-state index >= 15 is 0 Å². The molecular formula is C23H24F2N2O4S2. The van der Waals surface area contributed by atoms with Gasteiger partial charge in [-0.2, -0.15) is 13.9 Å². The molecule has 2 aromatic rings. The number of fused-ring (bicyclic) bond motifs is 2. The number of ether oxygens (including phenoxy) is 3. The van der Waals surface area contributed by atoms with Gasteiger partial charge in [-0.05, 0) is 42.2 Å². The van der Waals surface area contributed by atoms with Crippen molar-refractivity contribution in [1.29, 1.82) is 0 Å². The zero-order valence-corrected chi connectivity index (χ0v) is 19.7. The first-order valence-corrected chi connectivity index (χ1v) is 12.6. The van der Waals surface area contributed by atoms with Crippen LogP contribution in [0.25, 0.3) is 11.3 Å². The predicted octanol–water partition coefficient (Wildman–Crippen LogP) is 5.34. The lowest BCUT2D eigenvalue weighted by Crippen LogP contribution is -2.34. The van der Waals surface area contributed by atoms with Crippen LogP contribution in [0.4, 0.5) is 8.78 Å². The van der Waals surface area contributed by atoms with Gasteiger partial charge in [-0.1, -0.05) is 12.1 Å². The van der Waals surface area contributed by atoms with E-state index in [-0.39, 0.29) is 23.7 Å². The van der Waals surface area contributed by atoms with Gasteiger partial charge >= 0.3 is 12.6 Å². The summed E-state index contributed by atoms with van der Waals surface area (Å²) in [6.45, 7) is -1.59. The number of methoxy groups -OCH3 is 1. The number of benzene rings is 1. The van der Waals surface area contributed by atoms with Crippen LogP contribution in [0.2, 0.25) is 0 Å². The summed E-state index contributed by atoms with van der Waals surface area (Å²) in [6, 6.07) is 6.85. The van der Waals surface area contributed by atoms with Gasteiger partial charge in [0.05, 0.1) is 28.8 Å². The van der Waals surface area contributed by atoms with Gasteiger partial charge in [0, 0.05) is 36.5 Å². The first kappa shape index (κ1) is 22.7. The molecule has 1 unspecified atom stereocenters. The second-order valence-corrected chi connectivity index (χ2v) is 10.9. The van der Waals surface area contributed by atoms with Crippen molar-refractivity contribution in [2.24, 2.45) is 5.92 Å². The summed E-state index contributed by atoms with van der Waals surface area (Å²) in [5, 5.41) is 9.14. The van der Waals surface area contributed by atoms with Crippen molar-refractivity contribution in [3.8, 4) is 17.0 Å². The Morgan fingerprint density at radius 1 is 1.27 bits per heavy atom. The Morgan fingerprint density at radius 2 is 2.03 bits per heavy atom. The van der Waals surface area contributed by atoms with Crippen LogP contribution in [0.15, 0.2) is 35.1 Å². The summed E-state index contributed by atoms with van der Waals surface area (Å²) in [7, 11) is 1.42. The number of nitrogens with zero attached hydrogens (tertiary/aromatic N) is 2. The zero-order chi connectivity index (χ0) is 23.0. The largest absolute Gasteiger partial charge is 0.469 e. The first-order valence-electron chi connectivity index (χ1n) is 10.8. The van der Waals surface area contributed by atoms with Crippen molar-refractivity contribution >= 4 is 29.5 Å². The molecule has 1 aromatic carbocycles. The number of hydrogen-bond donors (Lipinski definition) is 0. The van der Waals surface area contributed by atoms with Crippen molar-refractivity contribution in [2.75, 3.05) is 20.3 Å². The number of carbonyl (C=O) groups excluding carboxylic acids is 1. The van der Waals surface area contributed by atoms with Gasteiger partial charge in [-0.15, -0.1) is 23.5 Å². The number of rotatable bonds is 5. The molecule has 1 spiro atoms. The van der Waals surface area contributed by atoms with E-state index < -0.39 is 10.7 Å². The minimum Gasteiger partial charge on any atom is -0.469 e. The predicted molar refractivity (Wildman–Crippen MR) is 123 cm³/mol. The monoisotopic (exact) mass is 494 g/mol. The van der Waals surface area contributed by atoms with Crippen LogP contribution in [-0.2, 0) is 24.8 Å². The van der Waals surface area contributed by atoms with E-state index in [1.165, 1.54) is 13.2 Å². The molecule has 1 fully saturated rings. The fraction of sp³-hybridized carbons (Fsp3) is 0.478. The maximum absolute atomic E-state index is 12.9. The fourth-order valence-corrected chi connectivity index (χ4v) is 7.60. The molecule has 1 aliphatic carbocycles. The van der Waals surface area contributed by atoms with E-state index in [4.69, 9.17) is 14.6 Å². The van der Waals surface area contributed by atoms with Crippen molar-refractivity contribution in [3.05, 3.63) is 46.3 Å². The molecule has 0 saturated carbocycles. The molecule has 1 atom stereocenters. The topological polar surface area (TPSA) is 62.6 Å². The summed E-state index contributed by atoms with van der Waals surface area (Å²) < 4.78 is 42.7. The Bertz CT molecular complexity index is 1060. The first-order chi connectivity index (χ1) is 16.0. The van der Waals surface area contributed by atoms with Crippen LogP contribution in [-0.4, -0.2) is 42.7 Å². The molecule has 10 heteroatoms. The average Bonchev–Trinajstić information content (AvgIpc) is 3.44. The molecule has 3 aliphatic rings. The highest BCUT2D eigenvalue weighted by Gasteiger charge is 2.49. The van der Waals surface area contributed by atoms with Gasteiger partial charge in [0.25, 0.3) is 0 Å². The van der Waals surface area contributed by atoms with Gasteiger partial charge in [0.2, 0.25) is 0 Å². The zero-order valence-electron chi connectivity index (χ0n) is 18.0. The minimum atomic E-state index is -2.90. The normalized spacial score (nSPS) is 22.0. The van der Waals surface area contributed by atoms with Crippen LogP contribution in [0.3, 0.4) is 0 Å². The number of hydrogen-bond acceptors (Lipinski definition) is 7. The molecule has 0 bridgehead atoms. The molecule has 0 radical (unpaired) electrons. The average molecular weight is 495 g/mol. The smallest absolute Gasteiger partial charge is 0.387 e. The van der Waals surface area contributed by atoms with Crippen LogP contribution in [0, 0.1) is 5.92 Å². The summed E-state index contributed by atoms with van der Waals surface area (Å²) in [5.41, 5.74) is 3.55. The number of halogens is 2. The summed E-state index contributed by atoms with van der Waals surface area (Å²) in [4.78, 5) is 12.6. The third-order valence-corrected chi connectivity index (χ3v) is 9.12. The van der Waals surface area contributed by atoms with Crippen molar-refractivity contribution in [2.45, 2.75) is 42.4 Å². The quantitative estimate of drug-likeness (QED) is 0.520. The fourth-order valence-electron chi connectivity index (χ4n) is 4.90. The molecule has 1 saturated heterocycles. The molecule has 176 valence electrons.